The Hall–Kier alpha value is -0.580. The number of aryl methyl sites for hydroxylation is 1. The van der Waals surface area contributed by atoms with Crippen molar-refractivity contribution in [3.05, 3.63) is 21.9 Å². The number of hydrogen-bond donors (Lipinski definition) is 1. The topological polar surface area (TPSA) is 46.3 Å². The van der Waals surface area contributed by atoms with Gasteiger partial charge in [-0.05, 0) is 55.7 Å². The largest absolute Gasteiger partial charge is 0.335 e. The van der Waals surface area contributed by atoms with Crippen molar-refractivity contribution in [3.8, 4) is 0 Å². The van der Waals surface area contributed by atoms with Gasteiger partial charge in [0.05, 0.1) is 4.88 Å². The predicted octanol–water partition coefficient (Wildman–Crippen LogP) is 3.08. The number of nitrogens with two attached hydrogens (primary N) is 1. The van der Waals surface area contributed by atoms with Crippen LogP contribution in [0.5, 0.6) is 0 Å². The normalized spacial score (nSPS) is 19.1. The predicted molar refractivity (Wildman–Crippen MR) is 83.3 cm³/mol. The first-order valence-electron chi connectivity index (χ1n) is 6.85. The molecule has 1 unspecified atom stereocenters. The van der Waals surface area contributed by atoms with E-state index in [4.69, 9.17) is 5.73 Å². The molecule has 0 radical (unpaired) electrons. The maximum absolute atomic E-state index is 12.6. The average Bonchev–Trinajstić information content (AvgIpc) is 2.87. The van der Waals surface area contributed by atoms with Gasteiger partial charge in [0, 0.05) is 12.6 Å². The molecule has 2 heterocycles. The van der Waals surface area contributed by atoms with E-state index in [1.807, 2.05) is 5.38 Å². The number of likely N-dealkylation sites (tertiary alicyclic amines) is 1. The lowest BCUT2D eigenvalue weighted by Gasteiger charge is -2.35. The number of nitrogens with zero attached hydrogens (tertiary/aromatic N) is 1. The second-order valence-corrected chi connectivity index (χ2v) is 5.77. The molecular formula is C14H23ClN2OS. The second kappa shape index (κ2) is 7.88. The minimum absolute atomic E-state index is 0. The molecule has 3 nitrogen and oxygen atoms in total. The van der Waals surface area contributed by atoms with Crippen LogP contribution in [0, 0.1) is 0 Å². The first-order valence-corrected chi connectivity index (χ1v) is 7.73. The lowest BCUT2D eigenvalue weighted by Crippen LogP contribution is -2.44. The number of hydrogen-bond acceptors (Lipinski definition) is 3. The maximum atomic E-state index is 12.6. The Bertz CT molecular complexity index is 406. The van der Waals surface area contributed by atoms with E-state index in [0.717, 1.165) is 37.1 Å². The quantitative estimate of drug-likeness (QED) is 0.929. The lowest BCUT2D eigenvalue weighted by molar-refractivity contribution is 0.0609. The highest BCUT2D eigenvalue weighted by molar-refractivity contribution is 7.12. The van der Waals surface area contributed by atoms with Gasteiger partial charge < -0.3 is 10.6 Å². The van der Waals surface area contributed by atoms with E-state index in [0.29, 0.717) is 12.6 Å². The Morgan fingerprint density at radius 3 is 3.00 bits per heavy atom. The van der Waals surface area contributed by atoms with Gasteiger partial charge in [-0.3, -0.25) is 4.79 Å². The monoisotopic (exact) mass is 302 g/mol. The van der Waals surface area contributed by atoms with Gasteiger partial charge in [-0.2, -0.15) is 0 Å². The van der Waals surface area contributed by atoms with Gasteiger partial charge in [0.2, 0.25) is 0 Å². The average molecular weight is 303 g/mol. The van der Waals surface area contributed by atoms with Gasteiger partial charge in [-0.1, -0.05) is 6.92 Å². The maximum Gasteiger partial charge on any atom is 0.264 e. The van der Waals surface area contributed by atoms with Crippen LogP contribution < -0.4 is 5.73 Å². The summed E-state index contributed by atoms with van der Waals surface area (Å²) >= 11 is 1.57. The molecule has 0 aliphatic carbocycles. The molecule has 0 aromatic carbocycles. The zero-order valence-corrected chi connectivity index (χ0v) is 13.1. The summed E-state index contributed by atoms with van der Waals surface area (Å²) < 4.78 is 0. The SMILES string of the molecule is CCc1ccsc1C(=O)N1CCCCC1CCN.Cl. The minimum atomic E-state index is 0. The van der Waals surface area contributed by atoms with Crippen molar-refractivity contribution in [2.45, 2.75) is 45.1 Å². The molecule has 1 amide bonds. The van der Waals surface area contributed by atoms with E-state index in [9.17, 15) is 4.79 Å². The number of carbonyl (C=O) groups is 1. The fourth-order valence-corrected chi connectivity index (χ4v) is 3.64. The summed E-state index contributed by atoms with van der Waals surface area (Å²) in [6.07, 6.45) is 5.31. The van der Waals surface area contributed by atoms with Crippen molar-refractivity contribution >= 4 is 29.7 Å². The summed E-state index contributed by atoms with van der Waals surface area (Å²) in [4.78, 5) is 15.6. The molecule has 2 N–H and O–H groups in total. The molecule has 1 aromatic heterocycles. The second-order valence-electron chi connectivity index (χ2n) is 4.85. The lowest BCUT2D eigenvalue weighted by atomic mass is 9.98. The summed E-state index contributed by atoms with van der Waals surface area (Å²) in [7, 11) is 0. The third-order valence-electron chi connectivity index (χ3n) is 3.71. The number of halogens is 1. The smallest absolute Gasteiger partial charge is 0.264 e. The number of carbonyl (C=O) groups excluding carboxylic acids is 1. The fraction of sp³-hybridized carbons (Fsp3) is 0.643. The van der Waals surface area contributed by atoms with Crippen molar-refractivity contribution in [2.24, 2.45) is 5.73 Å². The van der Waals surface area contributed by atoms with Crippen LogP contribution >= 0.6 is 23.7 Å². The third kappa shape index (κ3) is 3.71. The third-order valence-corrected chi connectivity index (χ3v) is 4.65. The van der Waals surface area contributed by atoms with Crippen LogP contribution in [0.4, 0.5) is 0 Å². The van der Waals surface area contributed by atoms with Crippen molar-refractivity contribution < 1.29 is 4.79 Å². The van der Waals surface area contributed by atoms with Crippen LogP contribution in [0.3, 0.4) is 0 Å². The molecule has 5 heteroatoms. The molecular weight excluding hydrogens is 280 g/mol. The van der Waals surface area contributed by atoms with Crippen LogP contribution in [0.1, 0.15) is 47.8 Å². The van der Waals surface area contributed by atoms with Crippen LogP contribution in [0.15, 0.2) is 11.4 Å². The summed E-state index contributed by atoms with van der Waals surface area (Å²) in [5, 5.41) is 2.02. The molecule has 0 spiro atoms. The molecule has 19 heavy (non-hydrogen) atoms. The van der Waals surface area contributed by atoms with Crippen molar-refractivity contribution in [1.82, 2.24) is 4.90 Å². The molecule has 1 aromatic rings. The van der Waals surface area contributed by atoms with Gasteiger partial charge in [0.15, 0.2) is 0 Å². The molecule has 0 saturated carbocycles. The van der Waals surface area contributed by atoms with Crippen LogP contribution in [0.25, 0.3) is 0 Å². The van der Waals surface area contributed by atoms with E-state index < -0.39 is 0 Å². The Kier molecular flexibility index (Phi) is 6.83. The van der Waals surface area contributed by atoms with Gasteiger partial charge in [-0.15, -0.1) is 23.7 Å². The van der Waals surface area contributed by atoms with Gasteiger partial charge >= 0.3 is 0 Å². The number of rotatable bonds is 4. The van der Waals surface area contributed by atoms with E-state index in [1.54, 1.807) is 11.3 Å². The zero-order chi connectivity index (χ0) is 13.0. The highest BCUT2D eigenvalue weighted by Crippen LogP contribution is 2.25. The van der Waals surface area contributed by atoms with E-state index in [1.165, 1.54) is 12.0 Å². The molecule has 1 saturated heterocycles. The Morgan fingerprint density at radius 1 is 1.53 bits per heavy atom. The molecule has 2 rings (SSSR count). The molecule has 1 fully saturated rings. The van der Waals surface area contributed by atoms with Crippen LogP contribution in [0.2, 0.25) is 0 Å². The molecule has 0 bridgehead atoms. The summed E-state index contributed by atoms with van der Waals surface area (Å²) in [6, 6.07) is 2.42. The molecule has 1 aliphatic rings. The van der Waals surface area contributed by atoms with Gasteiger partial charge in [0.25, 0.3) is 5.91 Å². The van der Waals surface area contributed by atoms with Crippen LogP contribution in [-0.2, 0) is 6.42 Å². The zero-order valence-electron chi connectivity index (χ0n) is 11.4. The van der Waals surface area contributed by atoms with Crippen LogP contribution in [-0.4, -0.2) is 29.9 Å². The van der Waals surface area contributed by atoms with E-state index in [2.05, 4.69) is 17.9 Å². The molecule has 1 aliphatic heterocycles. The van der Waals surface area contributed by atoms with Crippen molar-refractivity contribution in [1.29, 1.82) is 0 Å². The number of piperidine rings is 1. The standard InChI is InChI=1S/C14H22N2OS.ClH/c1-2-11-7-10-18-13(11)14(17)16-9-4-3-5-12(16)6-8-15;/h7,10,12H,2-6,8-9,15H2,1H3;1H. The Labute approximate surface area is 125 Å². The summed E-state index contributed by atoms with van der Waals surface area (Å²) in [6.45, 7) is 3.66. The molecule has 108 valence electrons. The number of amides is 1. The Balaban J connectivity index is 0.00000180. The molecule has 1 atom stereocenters. The number of thiophene rings is 1. The van der Waals surface area contributed by atoms with Gasteiger partial charge in [-0.25, -0.2) is 0 Å². The highest BCUT2D eigenvalue weighted by Gasteiger charge is 2.28. The van der Waals surface area contributed by atoms with Gasteiger partial charge in [0.1, 0.15) is 0 Å². The summed E-state index contributed by atoms with van der Waals surface area (Å²) in [5.74, 6) is 0.222. The minimum Gasteiger partial charge on any atom is -0.335 e. The summed E-state index contributed by atoms with van der Waals surface area (Å²) in [5.41, 5.74) is 6.84. The first kappa shape index (κ1) is 16.5. The van der Waals surface area contributed by atoms with Crippen molar-refractivity contribution in [2.75, 3.05) is 13.1 Å². The highest BCUT2D eigenvalue weighted by atomic mass is 35.5. The van der Waals surface area contributed by atoms with Crippen molar-refractivity contribution in [3.63, 3.8) is 0 Å². The fourth-order valence-electron chi connectivity index (χ4n) is 2.69. The van der Waals surface area contributed by atoms with E-state index in [-0.39, 0.29) is 18.3 Å². The first-order chi connectivity index (χ1) is 8.77. The van der Waals surface area contributed by atoms with E-state index >= 15 is 0 Å². The Morgan fingerprint density at radius 2 is 2.32 bits per heavy atom.